The van der Waals surface area contributed by atoms with Crippen LogP contribution in [-0.2, 0) is 11.3 Å². The molecule has 1 atom stereocenters. The third-order valence-corrected chi connectivity index (χ3v) is 6.07. The highest BCUT2D eigenvalue weighted by Gasteiger charge is 2.21. The van der Waals surface area contributed by atoms with Crippen molar-refractivity contribution < 1.29 is 9.84 Å². The van der Waals surface area contributed by atoms with Gasteiger partial charge in [0.05, 0.1) is 12.7 Å². The molecule has 1 heterocycles. The standard InChI is InChI=1S/C28H27NO2/c30-27-11-4-9-25(18-27)24-8-3-10-26(17-24)29-15-5-12-28(19-29)31-20-21-13-14-22-6-1-2-7-23(22)16-21/h1-4,6-11,13-14,16-18,28,30H,5,12,15,19-20H2/t28-/m1/s1. The maximum atomic E-state index is 9.81. The van der Waals surface area contributed by atoms with Crippen molar-refractivity contribution in [2.75, 3.05) is 18.0 Å². The van der Waals surface area contributed by atoms with Crippen LogP contribution in [0.4, 0.5) is 5.69 Å². The zero-order valence-corrected chi connectivity index (χ0v) is 17.6. The minimum atomic E-state index is 0.227. The van der Waals surface area contributed by atoms with Crippen LogP contribution >= 0.6 is 0 Å². The Kier molecular flexibility index (Phi) is 5.59. The molecule has 31 heavy (non-hydrogen) atoms. The van der Waals surface area contributed by atoms with Crippen LogP contribution in [0.3, 0.4) is 0 Å². The number of nitrogens with zero attached hydrogens (tertiary/aromatic N) is 1. The first-order valence-electron chi connectivity index (χ1n) is 11.0. The Morgan fingerprint density at radius 3 is 2.48 bits per heavy atom. The number of hydrogen-bond donors (Lipinski definition) is 1. The lowest BCUT2D eigenvalue weighted by Gasteiger charge is -2.34. The summed E-state index contributed by atoms with van der Waals surface area (Å²) in [5.74, 6) is 0.294. The normalized spacial score (nSPS) is 16.5. The van der Waals surface area contributed by atoms with Crippen molar-refractivity contribution in [2.24, 2.45) is 0 Å². The number of anilines is 1. The summed E-state index contributed by atoms with van der Waals surface area (Å²) in [5, 5.41) is 12.3. The Balaban J connectivity index is 1.26. The van der Waals surface area contributed by atoms with Gasteiger partial charge in [-0.1, -0.05) is 60.7 Å². The van der Waals surface area contributed by atoms with Crippen molar-refractivity contribution in [1.82, 2.24) is 0 Å². The Hall–Kier alpha value is -3.30. The number of fused-ring (bicyclic) bond motifs is 1. The van der Waals surface area contributed by atoms with Gasteiger partial charge >= 0.3 is 0 Å². The number of phenols is 1. The summed E-state index contributed by atoms with van der Waals surface area (Å²) >= 11 is 0. The lowest BCUT2D eigenvalue weighted by molar-refractivity contribution is 0.0316. The molecule has 1 fully saturated rings. The Morgan fingerprint density at radius 1 is 0.806 bits per heavy atom. The van der Waals surface area contributed by atoms with Crippen LogP contribution in [0.1, 0.15) is 18.4 Å². The van der Waals surface area contributed by atoms with Gasteiger partial charge in [-0.3, -0.25) is 0 Å². The Morgan fingerprint density at radius 2 is 1.61 bits per heavy atom. The molecule has 0 bridgehead atoms. The van der Waals surface area contributed by atoms with Gasteiger partial charge < -0.3 is 14.7 Å². The average Bonchev–Trinajstić information content (AvgIpc) is 2.83. The van der Waals surface area contributed by atoms with E-state index in [0.29, 0.717) is 12.4 Å². The molecule has 3 heteroatoms. The summed E-state index contributed by atoms with van der Waals surface area (Å²) in [6, 6.07) is 31.0. The van der Waals surface area contributed by atoms with Gasteiger partial charge in [0.1, 0.15) is 5.75 Å². The van der Waals surface area contributed by atoms with E-state index in [9.17, 15) is 5.11 Å². The molecule has 1 N–H and O–H groups in total. The molecule has 0 saturated carbocycles. The van der Waals surface area contributed by atoms with Crippen molar-refractivity contribution in [2.45, 2.75) is 25.6 Å². The molecule has 0 aromatic heterocycles. The second-order valence-electron chi connectivity index (χ2n) is 8.30. The number of rotatable bonds is 5. The van der Waals surface area contributed by atoms with Crippen LogP contribution < -0.4 is 4.90 Å². The molecule has 1 saturated heterocycles. The third-order valence-electron chi connectivity index (χ3n) is 6.07. The molecular weight excluding hydrogens is 382 g/mol. The summed E-state index contributed by atoms with van der Waals surface area (Å²) in [6.45, 7) is 2.59. The van der Waals surface area contributed by atoms with Gasteiger partial charge in [-0.2, -0.15) is 0 Å². The smallest absolute Gasteiger partial charge is 0.116 e. The fourth-order valence-corrected chi connectivity index (χ4v) is 4.42. The number of phenolic OH excluding ortho intramolecular Hbond substituents is 1. The van der Waals surface area contributed by atoms with E-state index in [4.69, 9.17) is 4.74 Å². The lowest BCUT2D eigenvalue weighted by Crippen LogP contribution is -2.39. The van der Waals surface area contributed by atoms with Crippen molar-refractivity contribution in [3.63, 3.8) is 0 Å². The minimum Gasteiger partial charge on any atom is -0.508 e. The fraction of sp³-hybridized carbons (Fsp3) is 0.214. The molecule has 1 aliphatic rings. The van der Waals surface area contributed by atoms with E-state index >= 15 is 0 Å². The Bertz CT molecular complexity index is 1190. The molecule has 4 aromatic rings. The van der Waals surface area contributed by atoms with E-state index in [-0.39, 0.29) is 6.10 Å². The molecule has 0 unspecified atom stereocenters. The van der Waals surface area contributed by atoms with Crippen LogP contribution in [0, 0.1) is 0 Å². The summed E-state index contributed by atoms with van der Waals surface area (Å²) in [4.78, 5) is 2.42. The molecular formula is C28H27NO2. The molecule has 1 aliphatic heterocycles. The highest BCUT2D eigenvalue weighted by atomic mass is 16.5. The van der Waals surface area contributed by atoms with Crippen LogP contribution in [0.25, 0.3) is 21.9 Å². The van der Waals surface area contributed by atoms with Gasteiger partial charge in [-0.15, -0.1) is 0 Å². The average molecular weight is 410 g/mol. The zero-order valence-electron chi connectivity index (χ0n) is 17.6. The van der Waals surface area contributed by atoms with Crippen LogP contribution in [-0.4, -0.2) is 24.3 Å². The SMILES string of the molecule is Oc1cccc(-c2cccc(N3CCC[C@@H](OCc4ccc5ccccc5c4)C3)c2)c1. The maximum absolute atomic E-state index is 9.81. The van der Waals surface area contributed by atoms with Crippen molar-refractivity contribution in [1.29, 1.82) is 0 Å². The van der Waals surface area contributed by atoms with Crippen LogP contribution in [0.5, 0.6) is 5.75 Å². The highest BCUT2D eigenvalue weighted by Crippen LogP contribution is 2.29. The van der Waals surface area contributed by atoms with Crippen LogP contribution in [0.15, 0.2) is 91.0 Å². The second-order valence-corrected chi connectivity index (χ2v) is 8.30. The quantitative estimate of drug-likeness (QED) is 0.414. The first-order valence-corrected chi connectivity index (χ1v) is 11.0. The number of benzene rings is 4. The minimum absolute atomic E-state index is 0.227. The van der Waals surface area contributed by atoms with Gasteiger partial charge in [-0.25, -0.2) is 0 Å². The third kappa shape index (κ3) is 4.57. The molecule has 156 valence electrons. The summed E-state index contributed by atoms with van der Waals surface area (Å²) in [7, 11) is 0. The maximum Gasteiger partial charge on any atom is 0.116 e. The van der Waals surface area contributed by atoms with Gasteiger partial charge in [-0.05, 0) is 70.6 Å². The van der Waals surface area contributed by atoms with E-state index in [1.54, 1.807) is 6.07 Å². The largest absolute Gasteiger partial charge is 0.508 e. The fourth-order valence-electron chi connectivity index (χ4n) is 4.42. The number of ether oxygens (including phenoxy) is 1. The van der Waals surface area contributed by atoms with E-state index < -0.39 is 0 Å². The molecule has 4 aromatic carbocycles. The first kappa shape index (κ1) is 19.7. The van der Waals surface area contributed by atoms with Gasteiger partial charge in [0.25, 0.3) is 0 Å². The predicted octanol–water partition coefficient (Wildman–Crippen LogP) is 6.40. The highest BCUT2D eigenvalue weighted by molar-refractivity contribution is 5.82. The van der Waals surface area contributed by atoms with Gasteiger partial charge in [0.2, 0.25) is 0 Å². The van der Waals surface area contributed by atoms with Crippen molar-refractivity contribution in [3.8, 4) is 16.9 Å². The number of piperidine rings is 1. The van der Waals surface area contributed by atoms with E-state index in [2.05, 4.69) is 71.6 Å². The van der Waals surface area contributed by atoms with E-state index in [1.165, 1.54) is 22.0 Å². The van der Waals surface area contributed by atoms with Crippen LogP contribution in [0.2, 0.25) is 0 Å². The molecule has 5 rings (SSSR count). The summed E-state index contributed by atoms with van der Waals surface area (Å²) in [6.07, 6.45) is 2.44. The molecule has 0 aliphatic carbocycles. The molecule has 0 amide bonds. The summed E-state index contributed by atoms with van der Waals surface area (Å²) in [5.41, 5.74) is 4.58. The first-order chi connectivity index (χ1) is 15.2. The van der Waals surface area contributed by atoms with E-state index in [0.717, 1.165) is 37.1 Å². The summed E-state index contributed by atoms with van der Waals surface area (Å²) < 4.78 is 6.33. The zero-order chi connectivity index (χ0) is 21.0. The molecule has 3 nitrogen and oxygen atoms in total. The van der Waals surface area contributed by atoms with Gasteiger partial charge in [0, 0.05) is 18.8 Å². The van der Waals surface area contributed by atoms with E-state index in [1.807, 2.05) is 18.2 Å². The topological polar surface area (TPSA) is 32.7 Å². The molecule has 0 radical (unpaired) electrons. The number of hydrogen-bond acceptors (Lipinski definition) is 3. The second kappa shape index (κ2) is 8.83. The monoisotopic (exact) mass is 409 g/mol. The van der Waals surface area contributed by atoms with Crippen molar-refractivity contribution in [3.05, 3.63) is 96.6 Å². The number of aromatic hydroxyl groups is 1. The Labute approximate surface area is 183 Å². The predicted molar refractivity (Wildman–Crippen MR) is 128 cm³/mol. The van der Waals surface area contributed by atoms with Crippen molar-refractivity contribution >= 4 is 16.5 Å². The van der Waals surface area contributed by atoms with Gasteiger partial charge in [0.15, 0.2) is 0 Å². The lowest BCUT2D eigenvalue weighted by atomic mass is 10.0. The molecule has 0 spiro atoms.